The predicted molar refractivity (Wildman–Crippen MR) is 74.8 cm³/mol. The first kappa shape index (κ1) is 13.0. The number of nitrogens with zero attached hydrogens (tertiary/aromatic N) is 1. The van der Waals surface area contributed by atoms with E-state index in [4.69, 9.17) is 0 Å². The highest BCUT2D eigenvalue weighted by molar-refractivity contribution is 9.10. The third kappa shape index (κ3) is 3.08. The lowest BCUT2D eigenvalue weighted by Gasteiger charge is -2.07. The largest absolute Gasteiger partial charge is 0.339 e. The van der Waals surface area contributed by atoms with Crippen molar-refractivity contribution in [3.8, 4) is 0 Å². The van der Waals surface area contributed by atoms with Crippen LogP contribution in [0.2, 0.25) is 0 Å². The Labute approximate surface area is 114 Å². The molecule has 94 valence electrons. The van der Waals surface area contributed by atoms with Gasteiger partial charge in [0.25, 0.3) is 0 Å². The van der Waals surface area contributed by atoms with Crippen molar-refractivity contribution in [3.63, 3.8) is 0 Å². The zero-order chi connectivity index (χ0) is 13.2. The van der Waals surface area contributed by atoms with Crippen LogP contribution in [0.15, 0.2) is 52.0 Å². The fourth-order valence-corrected chi connectivity index (χ4v) is 2.38. The van der Waals surface area contributed by atoms with Gasteiger partial charge in [-0.1, -0.05) is 0 Å². The van der Waals surface area contributed by atoms with Crippen LogP contribution in [0.25, 0.3) is 0 Å². The summed E-state index contributed by atoms with van der Waals surface area (Å²) in [5.41, 5.74) is 0.779. The third-order valence-corrected chi connectivity index (χ3v) is 4.07. The van der Waals surface area contributed by atoms with Crippen molar-refractivity contribution in [1.82, 2.24) is 4.98 Å². The molecule has 0 saturated heterocycles. The standard InChI is InChI=1S/C12H11BrN2O2S/c1-18(16,17)10-6-4-9(5-7-10)15-12-11(13)3-2-8-14-12/h2-8H,1H3,(H,14,15). The lowest BCUT2D eigenvalue weighted by Crippen LogP contribution is -1.98. The first-order valence-corrected chi connectivity index (χ1v) is 7.83. The Balaban J connectivity index is 2.24. The summed E-state index contributed by atoms with van der Waals surface area (Å²) in [6, 6.07) is 10.2. The second kappa shape index (κ2) is 5.07. The first-order chi connectivity index (χ1) is 8.47. The number of hydrogen-bond donors (Lipinski definition) is 1. The molecule has 0 aliphatic rings. The molecule has 0 atom stereocenters. The molecule has 0 amide bonds. The van der Waals surface area contributed by atoms with Crippen molar-refractivity contribution in [2.24, 2.45) is 0 Å². The molecule has 1 aromatic heterocycles. The number of benzene rings is 1. The highest BCUT2D eigenvalue weighted by Crippen LogP contribution is 2.23. The summed E-state index contributed by atoms with van der Waals surface area (Å²) < 4.78 is 23.5. The zero-order valence-electron chi connectivity index (χ0n) is 9.59. The number of aromatic nitrogens is 1. The number of halogens is 1. The smallest absolute Gasteiger partial charge is 0.175 e. The molecule has 2 aromatic rings. The van der Waals surface area contributed by atoms with E-state index in [1.54, 1.807) is 30.5 Å². The minimum Gasteiger partial charge on any atom is -0.339 e. The second-order valence-corrected chi connectivity index (χ2v) is 6.63. The van der Waals surface area contributed by atoms with Crippen LogP contribution in [-0.2, 0) is 9.84 Å². The van der Waals surface area contributed by atoms with Gasteiger partial charge in [0.05, 0.1) is 9.37 Å². The molecule has 0 aliphatic carbocycles. The summed E-state index contributed by atoms with van der Waals surface area (Å²) in [5.74, 6) is 0.685. The molecule has 1 N–H and O–H groups in total. The van der Waals surface area contributed by atoms with Gasteiger partial charge in [0.1, 0.15) is 5.82 Å². The Kier molecular flexibility index (Phi) is 3.68. The fourth-order valence-electron chi connectivity index (χ4n) is 1.40. The lowest BCUT2D eigenvalue weighted by atomic mass is 10.3. The molecule has 0 spiro atoms. The molecule has 1 aromatic carbocycles. The summed E-state index contributed by atoms with van der Waals surface area (Å²) in [7, 11) is -3.15. The molecule has 0 bridgehead atoms. The Morgan fingerprint density at radius 1 is 1.17 bits per heavy atom. The number of anilines is 2. The SMILES string of the molecule is CS(=O)(=O)c1ccc(Nc2ncccc2Br)cc1. The van der Waals surface area contributed by atoms with E-state index in [2.05, 4.69) is 26.2 Å². The van der Waals surface area contributed by atoms with Gasteiger partial charge in [0.15, 0.2) is 9.84 Å². The number of pyridine rings is 1. The summed E-state index contributed by atoms with van der Waals surface area (Å²) in [6.07, 6.45) is 2.86. The van der Waals surface area contributed by atoms with Crippen LogP contribution in [-0.4, -0.2) is 19.7 Å². The molecular weight excluding hydrogens is 316 g/mol. The van der Waals surface area contributed by atoms with Gasteiger partial charge in [-0.3, -0.25) is 0 Å². The predicted octanol–water partition coefficient (Wildman–Crippen LogP) is 2.99. The van der Waals surface area contributed by atoms with Crippen LogP contribution in [0.3, 0.4) is 0 Å². The van der Waals surface area contributed by atoms with Crippen LogP contribution in [0.4, 0.5) is 11.5 Å². The summed E-state index contributed by atoms with van der Waals surface area (Å²) in [6.45, 7) is 0. The van der Waals surface area contributed by atoms with E-state index in [0.717, 1.165) is 10.2 Å². The van der Waals surface area contributed by atoms with Gasteiger partial charge in [-0.05, 0) is 52.3 Å². The molecule has 0 aliphatic heterocycles. The average molecular weight is 327 g/mol. The molecule has 18 heavy (non-hydrogen) atoms. The average Bonchev–Trinajstić information content (AvgIpc) is 2.32. The van der Waals surface area contributed by atoms with Crippen molar-refractivity contribution >= 4 is 37.3 Å². The summed E-state index contributed by atoms with van der Waals surface area (Å²) in [4.78, 5) is 4.47. The normalized spacial score (nSPS) is 11.2. The van der Waals surface area contributed by atoms with Crippen molar-refractivity contribution in [2.75, 3.05) is 11.6 Å². The Hall–Kier alpha value is -1.40. The van der Waals surface area contributed by atoms with E-state index in [1.807, 2.05) is 12.1 Å². The first-order valence-electron chi connectivity index (χ1n) is 5.14. The maximum absolute atomic E-state index is 11.3. The number of sulfone groups is 1. The van der Waals surface area contributed by atoms with Gasteiger partial charge in [-0.15, -0.1) is 0 Å². The van der Waals surface area contributed by atoms with Crippen LogP contribution >= 0.6 is 15.9 Å². The third-order valence-electron chi connectivity index (χ3n) is 2.30. The lowest BCUT2D eigenvalue weighted by molar-refractivity contribution is 0.602. The van der Waals surface area contributed by atoms with E-state index in [1.165, 1.54) is 6.26 Å². The quantitative estimate of drug-likeness (QED) is 0.941. The highest BCUT2D eigenvalue weighted by atomic mass is 79.9. The molecular formula is C12H11BrN2O2S. The monoisotopic (exact) mass is 326 g/mol. The maximum Gasteiger partial charge on any atom is 0.175 e. The summed E-state index contributed by atoms with van der Waals surface area (Å²) >= 11 is 3.38. The number of hydrogen-bond acceptors (Lipinski definition) is 4. The number of nitrogens with one attached hydrogen (secondary N) is 1. The molecule has 0 fully saturated rings. The Bertz CT molecular complexity index is 654. The van der Waals surface area contributed by atoms with Crippen LogP contribution in [0.5, 0.6) is 0 Å². The Morgan fingerprint density at radius 2 is 1.83 bits per heavy atom. The van der Waals surface area contributed by atoms with Crippen LogP contribution < -0.4 is 5.32 Å². The minimum absolute atomic E-state index is 0.299. The van der Waals surface area contributed by atoms with E-state index >= 15 is 0 Å². The maximum atomic E-state index is 11.3. The van der Waals surface area contributed by atoms with Crippen molar-refractivity contribution < 1.29 is 8.42 Å². The van der Waals surface area contributed by atoms with Crippen molar-refractivity contribution in [2.45, 2.75) is 4.90 Å². The van der Waals surface area contributed by atoms with Gasteiger partial charge in [-0.25, -0.2) is 13.4 Å². The molecule has 4 nitrogen and oxygen atoms in total. The van der Waals surface area contributed by atoms with Gasteiger partial charge in [0, 0.05) is 18.1 Å². The van der Waals surface area contributed by atoms with E-state index in [9.17, 15) is 8.42 Å². The van der Waals surface area contributed by atoms with E-state index in [0.29, 0.717) is 10.7 Å². The summed E-state index contributed by atoms with van der Waals surface area (Å²) in [5, 5.41) is 3.10. The topological polar surface area (TPSA) is 59.1 Å². The van der Waals surface area contributed by atoms with E-state index < -0.39 is 9.84 Å². The second-order valence-electron chi connectivity index (χ2n) is 3.76. The van der Waals surface area contributed by atoms with Gasteiger partial charge in [-0.2, -0.15) is 0 Å². The van der Waals surface area contributed by atoms with Crippen molar-refractivity contribution in [3.05, 3.63) is 47.1 Å². The van der Waals surface area contributed by atoms with Crippen LogP contribution in [0, 0.1) is 0 Å². The van der Waals surface area contributed by atoms with Crippen molar-refractivity contribution in [1.29, 1.82) is 0 Å². The van der Waals surface area contributed by atoms with E-state index in [-0.39, 0.29) is 0 Å². The zero-order valence-corrected chi connectivity index (χ0v) is 12.0. The molecule has 1 heterocycles. The molecule has 0 unspecified atom stereocenters. The fraction of sp³-hybridized carbons (Fsp3) is 0.0833. The number of rotatable bonds is 3. The molecule has 6 heteroatoms. The Morgan fingerprint density at radius 3 is 2.39 bits per heavy atom. The van der Waals surface area contributed by atoms with Gasteiger partial charge < -0.3 is 5.32 Å². The molecule has 0 radical (unpaired) electrons. The molecule has 2 rings (SSSR count). The van der Waals surface area contributed by atoms with Gasteiger partial charge >= 0.3 is 0 Å². The highest BCUT2D eigenvalue weighted by Gasteiger charge is 2.06. The van der Waals surface area contributed by atoms with Gasteiger partial charge in [0.2, 0.25) is 0 Å². The molecule has 0 saturated carbocycles. The van der Waals surface area contributed by atoms with Crippen LogP contribution in [0.1, 0.15) is 0 Å². The minimum atomic E-state index is -3.15.